The molecule has 3 aromatic rings. The Bertz CT molecular complexity index is 1230. The van der Waals surface area contributed by atoms with Gasteiger partial charge < -0.3 is 29.2 Å². The maximum atomic E-state index is 12.7. The Morgan fingerprint density at radius 2 is 1.79 bits per heavy atom. The van der Waals surface area contributed by atoms with Gasteiger partial charge in [-0.1, -0.05) is 0 Å². The van der Waals surface area contributed by atoms with Crippen LogP contribution in [-0.2, 0) is 13.6 Å². The number of aryl methyl sites for hydroxylation is 1. The van der Waals surface area contributed by atoms with Gasteiger partial charge in [0.1, 0.15) is 24.2 Å². The summed E-state index contributed by atoms with van der Waals surface area (Å²) < 4.78 is 13.8. The van der Waals surface area contributed by atoms with Gasteiger partial charge in [-0.2, -0.15) is 4.98 Å². The molecule has 184 valence electrons. The molecule has 1 fully saturated rings. The molecule has 4 rings (SSSR count). The second kappa shape index (κ2) is 10.3. The molecule has 0 amide bonds. The molecule has 1 saturated heterocycles. The maximum absolute atomic E-state index is 12.7. The predicted octanol–water partition coefficient (Wildman–Crippen LogP) is -1.01. The van der Waals surface area contributed by atoms with Crippen LogP contribution < -0.4 is 25.6 Å². The van der Waals surface area contributed by atoms with Crippen molar-refractivity contribution in [3.05, 3.63) is 45.1 Å². The summed E-state index contributed by atoms with van der Waals surface area (Å²) in [6, 6.07) is 7.02. The van der Waals surface area contributed by atoms with Crippen LogP contribution in [0, 0.1) is 0 Å². The fourth-order valence-electron chi connectivity index (χ4n) is 4.08. The normalized spacial score (nSPS) is 15.6. The Labute approximate surface area is 195 Å². The minimum absolute atomic E-state index is 0.000606. The summed E-state index contributed by atoms with van der Waals surface area (Å²) in [6.45, 7) is 3.46. The third-order valence-electron chi connectivity index (χ3n) is 5.95. The number of benzene rings is 1. The largest absolute Gasteiger partial charge is 0.497 e. The van der Waals surface area contributed by atoms with E-state index in [-0.39, 0.29) is 30.9 Å². The Kier molecular flexibility index (Phi) is 7.20. The van der Waals surface area contributed by atoms with Crippen LogP contribution in [0.1, 0.15) is 0 Å². The van der Waals surface area contributed by atoms with E-state index in [2.05, 4.69) is 14.9 Å². The number of fused-ring (bicyclic) bond motifs is 1. The van der Waals surface area contributed by atoms with Crippen LogP contribution in [0.2, 0.25) is 0 Å². The van der Waals surface area contributed by atoms with Gasteiger partial charge in [0.15, 0.2) is 11.2 Å². The summed E-state index contributed by atoms with van der Waals surface area (Å²) in [5.74, 6) is 1.79. The van der Waals surface area contributed by atoms with Crippen molar-refractivity contribution in [1.29, 1.82) is 0 Å². The van der Waals surface area contributed by atoms with E-state index in [0.29, 0.717) is 37.1 Å². The SMILES string of the molecule is COc1ccc(OCC(O)Cn2c(N3CCN(CCO)CC3)nc3c2c(=O)[nH]c(=O)n3C)cc1. The number of β-amino-alcohol motifs (C(OH)–C–C–N with tert-alkyl or cyclic N) is 1. The predicted molar refractivity (Wildman–Crippen MR) is 126 cm³/mol. The molecule has 1 aromatic carbocycles. The van der Waals surface area contributed by atoms with Crippen molar-refractivity contribution in [3.8, 4) is 11.5 Å². The number of anilines is 1. The van der Waals surface area contributed by atoms with E-state index in [4.69, 9.17) is 9.47 Å². The Morgan fingerprint density at radius 3 is 2.44 bits per heavy atom. The standard InChI is InChI=1S/C22H30N6O6/c1-25-19-18(20(31)24-22(25)32)28(21(23-19)27-9-7-26(8-10-27)11-12-29)13-15(30)14-34-17-5-3-16(33-2)4-6-17/h3-6,15,29-30H,7-14H2,1-2H3,(H,24,31,32). The Morgan fingerprint density at radius 1 is 1.12 bits per heavy atom. The summed E-state index contributed by atoms with van der Waals surface area (Å²) in [7, 11) is 3.13. The lowest BCUT2D eigenvalue weighted by Crippen LogP contribution is -2.48. The summed E-state index contributed by atoms with van der Waals surface area (Å²) in [4.78, 5) is 35.9. The van der Waals surface area contributed by atoms with Gasteiger partial charge in [-0.25, -0.2) is 4.79 Å². The van der Waals surface area contributed by atoms with Crippen LogP contribution in [0.15, 0.2) is 33.9 Å². The highest BCUT2D eigenvalue weighted by molar-refractivity contribution is 5.74. The third-order valence-corrected chi connectivity index (χ3v) is 5.95. The van der Waals surface area contributed by atoms with Crippen molar-refractivity contribution in [2.45, 2.75) is 12.6 Å². The topological polar surface area (TPSA) is 138 Å². The van der Waals surface area contributed by atoms with Crippen molar-refractivity contribution < 1.29 is 19.7 Å². The average Bonchev–Trinajstić information content (AvgIpc) is 3.22. The number of nitrogens with one attached hydrogen (secondary N) is 1. The number of imidazole rings is 1. The van der Waals surface area contributed by atoms with Gasteiger partial charge in [0.2, 0.25) is 5.95 Å². The molecule has 1 atom stereocenters. The Balaban J connectivity index is 1.59. The van der Waals surface area contributed by atoms with Crippen LogP contribution in [0.3, 0.4) is 0 Å². The zero-order valence-corrected chi connectivity index (χ0v) is 19.3. The molecule has 12 nitrogen and oxygen atoms in total. The van der Waals surface area contributed by atoms with Crippen molar-refractivity contribution >= 4 is 17.1 Å². The molecule has 0 bridgehead atoms. The number of piperazine rings is 1. The van der Waals surface area contributed by atoms with Crippen LogP contribution >= 0.6 is 0 Å². The molecule has 0 aliphatic carbocycles. The molecule has 1 unspecified atom stereocenters. The fraction of sp³-hybridized carbons (Fsp3) is 0.500. The summed E-state index contributed by atoms with van der Waals surface area (Å²) in [5, 5.41) is 20.0. The van der Waals surface area contributed by atoms with E-state index in [1.807, 2.05) is 4.90 Å². The zero-order chi connectivity index (χ0) is 24.2. The van der Waals surface area contributed by atoms with E-state index in [9.17, 15) is 19.8 Å². The number of nitrogens with zero attached hydrogens (tertiary/aromatic N) is 5. The quantitative estimate of drug-likeness (QED) is 0.356. The molecule has 34 heavy (non-hydrogen) atoms. The third kappa shape index (κ3) is 4.93. The molecule has 3 N–H and O–H groups in total. The fourth-order valence-corrected chi connectivity index (χ4v) is 4.08. The molecular formula is C22H30N6O6. The number of aliphatic hydroxyl groups excluding tert-OH is 2. The highest BCUT2D eigenvalue weighted by Crippen LogP contribution is 2.22. The molecule has 1 aliphatic heterocycles. The minimum atomic E-state index is -0.939. The van der Waals surface area contributed by atoms with Crippen molar-refractivity contribution in [2.24, 2.45) is 7.05 Å². The summed E-state index contributed by atoms with van der Waals surface area (Å²) in [6.07, 6.45) is -0.939. The Hall–Kier alpha value is -3.35. The second-order valence-electron chi connectivity index (χ2n) is 8.21. The lowest BCUT2D eigenvalue weighted by Gasteiger charge is -2.35. The van der Waals surface area contributed by atoms with Gasteiger partial charge in [-0.3, -0.25) is 19.2 Å². The monoisotopic (exact) mass is 474 g/mol. The number of ether oxygens (including phenoxy) is 2. The number of aromatic nitrogens is 4. The van der Waals surface area contributed by atoms with E-state index >= 15 is 0 Å². The number of rotatable bonds is 9. The maximum Gasteiger partial charge on any atom is 0.329 e. The van der Waals surface area contributed by atoms with E-state index in [1.54, 1.807) is 43.0 Å². The average molecular weight is 475 g/mol. The van der Waals surface area contributed by atoms with E-state index in [1.165, 1.54) is 4.57 Å². The van der Waals surface area contributed by atoms with Crippen molar-refractivity contribution in [1.82, 2.24) is 24.0 Å². The van der Waals surface area contributed by atoms with Gasteiger partial charge in [0.05, 0.1) is 20.3 Å². The molecular weight excluding hydrogens is 444 g/mol. The molecule has 0 saturated carbocycles. The zero-order valence-electron chi connectivity index (χ0n) is 19.3. The van der Waals surface area contributed by atoms with Gasteiger partial charge in [-0.15, -0.1) is 0 Å². The van der Waals surface area contributed by atoms with Crippen LogP contribution in [0.4, 0.5) is 5.95 Å². The number of methoxy groups -OCH3 is 1. The van der Waals surface area contributed by atoms with Crippen LogP contribution in [0.5, 0.6) is 11.5 Å². The first kappa shape index (κ1) is 23.8. The number of hydrogen-bond donors (Lipinski definition) is 3. The molecule has 0 radical (unpaired) electrons. The van der Waals surface area contributed by atoms with Crippen molar-refractivity contribution in [2.75, 3.05) is 57.9 Å². The van der Waals surface area contributed by atoms with E-state index < -0.39 is 17.4 Å². The molecule has 2 aromatic heterocycles. The first-order valence-corrected chi connectivity index (χ1v) is 11.1. The van der Waals surface area contributed by atoms with Gasteiger partial charge in [0, 0.05) is 39.8 Å². The lowest BCUT2D eigenvalue weighted by atomic mass is 10.3. The van der Waals surface area contributed by atoms with Gasteiger partial charge in [-0.05, 0) is 24.3 Å². The first-order valence-electron chi connectivity index (χ1n) is 11.1. The smallest absolute Gasteiger partial charge is 0.329 e. The summed E-state index contributed by atoms with van der Waals surface area (Å²) >= 11 is 0. The molecule has 12 heteroatoms. The molecule has 0 spiro atoms. The van der Waals surface area contributed by atoms with Crippen LogP contribution in [0.25, 0.3) is 11.2 Å². The summed E-state index contributed by atoms with van der Waals surface area (Å²) in [5.41, 5.74) is -0.632. The number of aromatic amines is 1. The minimum Gasteiger partial charge on any atom is -0.497 e. The number of hydrogen-bond acceptors (Lipinski definition) is 9. The molecule has 3 heterocycles. The number of aliphatic hydroxyl groups is 2. The second-order valence-corrected chi connectivity index (χ2v) is 8.21. The molecule has 1 aliphatic rings. The van der Waals surface area contributed by atoms with Crippen LogP contribution in [-0.4, -0.2) is 93.4 Å². The first-order chi connectivity index (χ1) is 16.4. The van der Waals surface area contributed by atoms with Gasteiger partial charge >= 0.3 is 5.69 Å². The highest BCUT2D eigenvalue weighted by Gasteiger charge is 2.26. The van der Waals surface area contributed by atoms with Gasteiger partial charge in [0.25, 0.3) is 5.56 Å². The van der Waals surface area contributed by atoms with Crippen molar-refractivity contribution in [3.63, 3.8) is 0 Å². The lowest BCUT2D eigenvalue weighted by molar-refractivity contribution is 0.0934. The van der Waals surface area contributed by atoms with E-state index in [0.717, 1.165) is 13.1 Å². The highest BCUT2D eigenvalue weighted by atomic mass is 16.5. The number of H-pyrrole nitrogens is 1.